The first kappa shape index (κ1) is 22.9. The molecule has 2 rings (SSSR count). The van der Waals surface area contributed by atoms with Crippen molar-refractivity contribution in [2.45, 2.75) is 51.7 Å². The van der Waals surface area contributed by atoms with Crippen LogP contribution in [0.1, 0.15) is 39.5 Å². The van der Waals surface area contributed by atoms with Gasteiger partial charge in [0.2, 0.25) is 0 Å². The van der Waals surface area contributed by atoms with Crippen LogP contribution in [0.3, 0.4) is 0 Å². The Labute approximate surface area is 170 Å². The first-order valence-electron chi connectivity index (χ1n) is 9.69. The van der Waals surface area contributed by atoms with Crippen molar-refractivity contribution in [2.24, 2.45) is 4.99 Å². The molecule has 0 aromatic heterocycles. The summed E-state index contributed by atoms with van der Waals surface area (Å²) in [4.78, 5) is 9.54. The summed E-state index contributed by atoms with van der Waals surface area (Å²) < 4.78 is 11.8. The number of aliphatic imine (C=N–C) groups is 1. The Bertz CT molecular complexity index is 378. The summed E-state index contributed by atoms with van der Waals surface area (Å²) in [5.74, 6) is 1.02. The number of hydrogen-bond acceptors (Lipinski definition) is 4. The molecule has 0 saturated carbocycles. The van der Waals surface area contributed by atoms with Crippen molar-refractivity contribution in [2.75, 3.05) is 59.5 Å². The van der Waals surface area contributed by atoms with E-state index in [1.54, 1.807) is 0 Å². The highest BCUT2D eigenvalue weighted by atomic mass is 127. The number of guanidine groups is 1. The van der Waals surface area contributed by atoms with Gasteiger partial charge in [0.05, 0.1) is 19.3 Å². The van der Waals surface area contributed by atoms with Crippen molar-refractivity contribution in [3.05, 3.63) is 0 Å². The van der Waals surface area contributed by atoms with Crippen molar-refractivity contribution in [3.63, 3.8) is 0 Å². The van der Waals surface area contributed by atoms with Crippen LogP contribution in [0.15, 0.2) is 4.99 Å². The molecule has 2 atom stereocenters. The van der Waals surface area contributed by atoms with Crippen LogP contribution < -0.4 is 5.32 Å². The number of rotatable bonds is 8. The maximum Gasteiger partial charge on any atom is 0.194 e. The van der Waals surface area contributed by atoms with Crippen LogP contribution in [0.4, 0.5) is 0 Å². The van der Waals surface area contributed by atoms with E-state index in [9.17, 15) is 0 Å². The van der Waals surface area contributed by atoms with Gasteiger partial charge in [0.1, 0.15) is 6.10 Å². The zero-order valence-electron chi connectivity index (χ0n) is 16.2. The lowest BCUT2D eigenvalue weighted by atomic mass is 10.1. The van der Waals surface area contributed by atoms with Gasteiger partial charge in [0.15, 0.2) is 5.96 Å². The number of likely N-dealkylation sites (N-methyl/N-ethyl adjacent to an activating group) is 1. The first-order chi connectivity index (χ1) is 11.7. The third-order valence-corrected chi connectivity index (χ3v) is 4.74. The van der Waals surface area contributed by atoms with Crippen molar-refractivity contribution < 1.29 is 9.47 Å². The standard InChI is InChI=1S/C18H36N4O2.HI/c1-4-6-10-21(3)11-9-20-18(19-5-2)22-12-14-24-17(15-22)16-8-7-13-23-16;/h16-17H,4-15H2,1-3H3,(H,19,20);1H. The molecule has 6 nitrogen and oxygen atoms in total. The Kier molecular flexibility index (Phi) is 12.0. The van der Waals surface area contributed by atoms with Crippen molar-refractivity contribution in [3.8, 4) is 0 Å². The predicted octanol–water partition coefficient (Wildman–Crippen LogP) is 2.18. The Morgan fingerprint density at radius 2 is 2.00 bits per heavy atom. The van der Waals surface area contributed by atoms with E-state index in [1.165, 1.54) is 12.8 Å². The molecule has 0 bridgehead atoms. The monoisotopic (exact) mass is 468 g/mol. The summed E-state index contributed by atoms with van der Waals surface area (Å²) in [6.45, 7) is 11.7. The summed E-state index contributed by atoms with van der Waals surface area (Å²) in [6.07, 6.45) is 5.21. The second-order valence-electron chi connectivity index (χ2n) is 6.80. The number of unbranched alkanes of at least 4 members (excludes halogenated alkanes) is 1. The molecule has 0 amide bonds. The summed E-state index contributed by atoms with van der Waals surface area (Å²) in [5, 5.41) is 3.44. The smallest absolute Gasteiger partial charge is 0.194 e. The Balaban J connectivity index is 0.00000312. The lowest BCUT2D eigenvalue weighted by Crippen LogP contribution is -2.53. The molecule has 2 fully saturated rings. The molecule has 0 aliphatic carbocycles. The fourth-order valence-electron chi connectivity index (χ4n) is 3.28. The van der Waals surface area contributed by atoms with Crippen LogP contribution in [-0.2, 0) is 9.47 Å². The zero-order valence-corrected chi connectivity index (χ0v) is 18.5. The van der Waals surface area contributed by atoms with Gasteiger partial charge in [-0.3, -0.25) is 4.99 Å². The molecule has 0 spiro atoms. The normalized spacial score (nSPS) is 24.5. The van der Waals surface area contributed by atoms with Gasteiger partial charge in [-0.05, 0) is 39.8 Å². The van der Waals surface area contributed by atoms with Gasteiger partial charge in [0.25, 0.3) is 0 Å². The molecular weight excluding hydrogens is 431 g/mol. The number of morpholine rings is 1. The van der Waals surface area contributed by atoms with E-state index < -0.39 is 0 Å². The average Bonchev–Trinajstić information content (AvgIpc) is 3.14. The van der Waals surface area contributed by atoms with Crippen LogP contribution in [0.5, 0.6) is 0 Å². The highest BCUT2D eigenvalue weighted by molar-refractivity contribution is 14.0. The van der Waals surface area contributed by atoms with Gasteiger partial charge in [-0.15, -0.1) is 24.0 Å². The van der Waals surface area contributed by atoms with Gasteiger partial charge >= 0.3 is 0 Å². The van der Waals surface area contributed by atoms with Crippen molar-refractivity contribution >= 4 is 29.9 Å². The van der Waals surface area contributed by atoms with Crippen LogP contribution in [0.25, 0.3) is 0 Å². The summed E-state index contributed by atoms with van der Waals surface area (Å²) >= 11 is 0. The largest absolute Gasteiger partial charge is 0.375 e. The van der Waals surface area contributed by atoms with Crippen LogP contribution in [0.2, 0.25) is 0 Å². The predicted molar refractivity (Wildman–Crippen MR) is 114 cm³/mol. The third-order valence-electron chi connectivity index (χ3n) is 4.74. The minimum atomic E-state index is 0. The maximum absolute atomic E-state index is 5.95. The fraction of sp³-hybridized carbons (Fsp3) is 0.944. The van der Waals surface area contributed by atoms with Crippen LogP contribution in [-0.4, -0.2) is 87.5 Å². The number of halogens is 1. The molecule has 0 aromatic carbocycles. The molecular formula is C18H37IN4O2. The number of ether oxygens (including phenoxy) is 2. The SMILES string of the molecule is CCCCN(C)CCN=C(NCC)N1CCOC(C2CCCO2)C1.I. The average molecular weight is 468 g/mol. The topological polar surface area (TPSA) is 49.3 Å². The van der Waals surface area contributed by atoms with Crippen LogP contribution >= 0.6 is 24.0 Å². The second kappa shape index (κ2) is 13.1. The molecule has 25 heavy (non-hydrogen) atoms. The Hall–Kier alpha value is -0.120. The first-order valence-corrected chi connectivity index (χ1v) is 9.69. The highest BCUT2D eigenvalue weighted by Crippen LogP contribution is 2.21. The maximum atomic E-state index is 5.95. The van der Waals surface area contributed by atoms with Gasteiger partial charge in [0, 0.05) is 32.8 Å². The molecule has 2 aliphatic rings. The number of hydrogen-bond donors (Lipinski definition) is 1. The molecule has 1 N–H and O–H groups in total. The molecule has 2 aliphatic heterocycles. The summed E-state index contributed by atoms with van der Waals surface area (Å²) in [7, 11) is 2.18. The van der Waals surface area contributed by atoms with Gasteiger partial charge in [-0.1, -0.05) is 13.3 Å². The Morgan fingerprint density at radius 1 is 1.20 bits per heavy atom. The van der Waals surface area contributed by atoms with E-state index in [4.69, 9.17) is 14.5 Å². The van der Waals surface area contributed by atoms with Gasteiger partial charge in [-0.25, -0.2) is 0 Å². The van der Waals surface area contributed by atoms with Crippen molar-refractivity contribution in [1.82, 2.24) is 15.1 Å². The van der Waals surface area contributed by atoms with E-state index in [0.29, 0.717) is 0 Å². The molecule has 0 aromatic rings. The summed E-state index contributed by atoms with van der Waals surface area (Å²) in [5.41, 5.74) is 0. The van der Waals surface area contributed by atoms with Gasteiger partial charge < -0.3 is 24.6 Å². The van der Waals surface area contributed by atoms with Gasteiger partial charge in [-0.2, -0.15) is 0 Å². The quantitative estimate of drug-likeness (QED) is 0.336. The second-order valence-corrected chi connectivity index (χ2v) is 6.80. The molecule has 0 radical (unpaired) electrons. The highest BCUT2D eigenvalue weighted by Gasteiger charge is 2.32. The van der Waals surface area contributed by atoms with Crippen molar-refractivity contribution in [1.29, 1.82) is 0 Å². The minimum Gasteiger partial charge on any atom is -0.375 e. The molecule has 2 saturated heterocycles. The number of nitrogens with one attached hydrogen (secondary N) is 1. The Morgan fingerprint density at radius 3 is 2.68 bits per heavy atom. The zero-order chi connectivity index (χ0) is 17.2. The van der Waals surface area contributed by atoms with E-state index in [2.05, 4.69) is 36.0 Å². The van der Waals surface area contributed by atoms with E-state index >= 15 is 0 Å². The minimum absolute atomic E-state index is 0. The fourth-order valence-corrected chi connectivity index (χ4v) is 3.28. The van der Waals surface area contributed by atoms with E-state index in [1.807, 2.05) is 0 Å². The molecule has 2 unspecified atom stereocenters. The number of nitrogens with zero attached hydrogens (tertiary/aromatic N) is 3. The summed E-state index contributed by atoms with van der Waals surface area (Å²) in [6, 6.07) is 0. The third kappa shape index (κ3) is 7.97. The lowest BCUT2D eigenvalue weighted by molar-refractivity contribution is -0.0817. The molecule has 2 heterocycles. The van der Waals surface area contributed by atoms with E-state index in [-0.39, 0.29) is 36.2 Å². The lowest BCUT2D eigenvalue weighted by Gasteiger charge is -2.37. The van der Waals surface area contributed by atoms with Crippen LogP contribution in [0, 0.1) is 0 Å². The molecule has 7 heteroatoms. The molecule has 148 valence electrons. The van der Waals surface area contributed by atoms with E-state index in [0.717, 1.165) is 71.3 Å².